The van der Waals surface area contributed by atoms with E-state index in [2.05, 4.69) is 4.72 Å². The Morgan fingerprint density at radius 1 is 1.50 bits per heavy atom. The Balaban J connectivity index is 2.99. The van der Waals surface area contributed by atoms with Crippen LogP contribution in [0, 0.1) is 15.9 Å². The van der Waals surface area contributed by atoms with Crippen LogP contribution in [0.4, 0.5) is 10.1 Å². The summed E-state index contributed by atoms with van der Waals surface area (Å²) < 4.78 is 39.3. The standard InChI is InChI=1S/C11H15FN2O5S/c1-3-11(2,15)7-13-20(18,19)8-4-5-10(14(16)17)9(12)6-8/h4-6,13,15H,3,7H2,1-2H3. The highest BCUT2D eigenvalue weighted by Gasteiger charge is 2.24. The molecule has 0 spiro atoms. The van der Waals surface area contributed by atoms with Crippen LogP contribution in [0.1, 0.15) is 20.3 Å². The number of aliphatic hydroxyl groups is 1. The van der Waals surface area contributed by atoms with Gasteiger partial charge < -0.3 is 5.11 Å². The first kappa shape index (κ1) is 16.5. The van der Waals surface area contributed by atoms with Gasteiger partial charge in [-0.1, -0.05) is 6.92 Å². The third-order valence-electron chi connectivity index (χ3n) is 2.83. The molecule has 20 heavy (non-hydrogen) atoms. The van der Waals surface area contributed by atoms with Gasteiger partial charge in [-0.25, -0.2) is 13.1 Å². The van der Waals surface area contributed by atoms with Crippen molar-refractivity contribution in [3.63, 3.8) is 0 Å². The summed E-state index contributed by atoms with van der Waals surface area (Å²) in [6.07, 6.45) is 0.324. The fourth-order valence-corrected chi connectivity index (χ4v) is 2.44. The van der Waals surface area contributed by atoms with Gasteiger partial charge in [0.2, 0.25) is 15.8 Å². The Kier molecular flexibility index (Phi) is 4.79. The van der Waals surface area contributed by atoms with E-state index in [0.717, 1.165) is 12.1 Å². The van der Waals surface area contributed by atoms with Crippen LogP contribution in [0.25, 0.3) is 0 Å². The highest BCUT2D eigenvalue weighted by molar-refractivity contribution is 7.89. The van der Waals surface area contributed by atoms with E-state index in [-0.39, 0.29) is 6.54 Å². The SMILES string of the molecule is CCC(C)(O)CNS(=O)(=O)c1ccc([N+](=O)[O-])c(F)c1. The lowest BCUT2D eigenvalue weighted by Gasteiger charge is -2.21. The normalized spacial score (nSPS) is 14.8. The van der Waals surface area contributed by atoms with Crippen LogP contribution in [0.3, 0.4) is 0 Å². The van der Waals surface area contributed by atoms with Crippen LogP contribution in [0.2, 0.25) is 0 Å². The Labute approximate surface area is 115 Å². The molecule has 0 bridgehead atoms. The summed E-state index contributed by atoms with van der Waals surface area (Å²) >= 11 is 0. The molecule has 1 aromatic carbocycles. The quantitative estimate of drug-likeness (QED) is 0.605. The molecule has 7 nitrogen and oxygen atoms in total. The van der Waals surface area contributed by atoms with E-state index in [1.807, 2.05) is 0 Å². The van der Waals surface area contributed by atoms with E-state index in [0.29, 0.717) is 12.5 Å². The second-order valence-electron chi connectivity index (χ2n) is 4.55. The minimum atomic E-state index is -4.04. The predicted octanol–water partition coefficient (Wildman–Crippen LogP) is 1.17. The Bertz CT molecular complexity index is 615. The third kappa shape index (κ3) is 3.95. The number of sulfonamides is 1. The molecule has 1 atom stereocenters. The fraction of sp³-hybridized carbons (Fsp3) is 0.455. The van der Waals surface area contributed by atoms with Crippen LogP contribution in [-0.4, -0.2) is 30.6 Å². The Morgan fingerprint density at radius 3 is 2.55 bits per heavy atom. The molecule has 0 saturated heterocycles. The lowest BCUT2D eigenvalue weighted by Crippen LogP contribution is -2.40. The van der Waals surface area contributed by atoms with E-state index in [1.165, 1.54) is 6.92 Å². The van der Waals surface area contributed by atoms with Crippen LogP contribution in [0.5, 0.6) is 0 Å². The first-order chi connectivity index (χ1) is 9.09. The summed E-state index contributed by atoms with van der Waals surface area (Å²) in [5.41, 5.74) is -2.03. The molecule has 0 heterocycles. The molecule has 0 aliphatic carbocycles. The van der Waals surface area contributed by atoms with Crippen molar-refractivity contribution in [2.75, 3.05) is 6.54 Å². The van der Waals surface area contributed by atoms with E-state index in [4.69, 9.17) is 0 Å². The average Bonchev–Trinajstić information content (AvgIpc) is 2.36. The summed E-state index contributed by atoms with van der Waals surface area (Å²) in [7, 11) is -4.04. The molecule has 9 heteroatoms. The molecule has 0 aromatic heterocycles. The molecule has 0 aliphatic heterocycles. The number of benzene rings is 1. The zero-order chi connectivity index (χ0) is 15.6. The number of hydrogen-bond acceptors (Lipinski definition) is 5. The lowest BCUT2D eigenvalue weighted by molar-refractivity contribution is -0.387. The fourth-order valence-electron chi connectivity index (χ4n) is 1.26. The van der Waals surface area contributed by atoms with Gasteiger partial charge in [0.05, 0.1) is 15.4 Å². The first-order valence-corrected chi connectivity index (χ1v) is 7.23. The highest BCUT2D eigenvalue weighted by atomic mass is 32.2. The van der Waals surface area contributed by atoms with Crippen LogP contribution in [-0.2, 0) is 10.0 Å². The monoisotopic (exact) mass is 306 g/mol. The predicted molar refractivity (Wildman–Crippen MR) is 69.2 cm³/mol. The van der Waals surface area contributed by atoms with Crippen LogP contribution < -0.4 is 4.72 Å². The van der Waals surface area contributed by atoms with E-state index >= 15 is 0 Å². The number of nitrogens with zero attached hydrogens (tertiary/aromatic N) is 1. The van der Waals surface area contributed by atoms with Crippen molar-refractivity contribution in [3.8, 4) is 0 Å². The second-order valence-corrected chi connectivity index (χ2v) is 6.31. The van der Waals surface area contributed by atoms with Crippen molar-refractivity contribution < 1.29 is 22.8 Å². The molecule has 0 fully saturated rings. The maximum atomic E-state index is 13.4. The number of nitrogens with one attached hydrogen (secondary N) is 1. The number of halogens is 1. The highest BCUT2D eigenvalue weighted by Crippen LogP contribution is 2.21. The van der Waals surface area contributed by atoms with Gasteiger partial charge in [-0.05, 0) is 19.4 Å². The van der Waals surface area contributed by atoms with Crippen molar-refractivity contribution in [2.45, 2.75) is 30.8 Å². The molecule has 0 amide bonds. The number of hydrogen-bond donors (Lipinski definition) is 2. The molecular weight excluding hydrogens is 291 g/mol. The summed E-state index contributed by atoms with van der Waals surface area (Å²) in [4.78, 5) is 9.07. The maximum absolute atomic E-state index is 13.4. The van der Waals surface area contributed by atoms with Gasteiger partial charge in [0.1, 0.15) is 0 Å². The molecule has 0 saturated carbocycles. The molecule has 1 unspecified atom stereocenters. The number of rotatable bonds is 6. The average molecular weight is 306 g/mol. The zero-order valence-corrected chi connectivity index (χ0v) is 11.8. The van der Waals surface area contributed by atoms with Crippen molar-refractivity contribution in [3.05, 3.63) is 34.1 Å². The van der Waals surface area contributed by atoms with Gasteiger partial charge in [0, 0.05) is 18.7 Å². The Morgan fingerprint density at radius 2 is 2.10 bits per heavy atom. The van der Waals surface area contributed by atoms with Crippen molar-refractivity contribution >= 4 is 15.7 Å². The minimum Gasteiger partial charge on any atom is -0.389 e. The van der Waals surface area contributed by atoms with Gasteiger partial charge >= 0.3 is 5.69 Å². The summed E-state index contributed by atoms with van der Waals surface area (Å²) in [5, 5.41) is 20.2. The van der Waals surface area contributed by atoms with Crippen molar-refractivity contribution in [1.29, 1.82) is 0 Å². The molecule has 1 aromatic rings. The first-order valence-electron chi connectivity index (χ1n) is 5.75. The van der Waals surface area contributed by atoms with Gasteiger partial charge in [-0.3, -0.25) is 10.1 Å². The smallest absolute Gasteiger partial charge is 0.304 e. The molecule has 0 aliphatic rings. The van der Waals surface area contributed by atoms with Gasteiger partial charge in [0.15, 0.2) is 0 Å². The van der Waals surface area contributed by atoms with Crippen LogP contribution in [0.15, 0.2) is 23.1 Å². The molecule has 0 radical (unpaired) electrons. The van der Waals surface area contributed by atoms with E-state index in [1.54, 1.807) is 6.92 Å². The summed E-state index contributed by atoms with van der Waals surface area (Å²) in [6.45, 7) is 2.89. The summed E-state index contributed by atoms with van der Waals surface area (Å²) in [6, 6.07) is 2.28. The molecule has 2 N–H and O–H groups in total. The molecule has 1 rings (SSSR count). The maximum Gasteiger partial charge on any atom is 0.304 e. The summed E-state index contributed by atoms with van der Waals surface area (Å²) in [5.74, 6) is -1.24. The van der Waals surface area contributed by atoms with Crippen molar-refractivity contribution in [1.82, 2.24) is 4.72 Å². The molecular formula is C11H15FN2O5S. The van der Waals surface area contributed by atoms with E-state index in [9.17, 15) is 28.0 Å². The third-order valence-corrected chi connectivity index (χ3v) is 4.23. The topological polar surface area (TPSA) is 110 Å². The lowest BCUT2D eigenvalue weighted by atomic mass is 10.1. The van der Waals surface area contributed by atoms with Crippen LogP contribution >= 0.6 is 0 Å². The minimum absolute atomic E-state index is 0.246. The number of nitro benzene ring substituents is 1. The zero-order valence-electron chi connectivity index (χ0n) is 11.0. The second kappa shape index (κ2) is 5.81. The van der Waals surface area contributed by atoms with E-state index < -0.39 is 36.9 Å². The Hall–Kier alpha value is -1.58. The van der Waals surface area contributed by atoms with Crippen molar-refractivity contribution in [2.24, 2.45) is 0 Å². The van der Waals surface area contributed by atoms with Gasteiger partial charge in [-0.2, -0.15) is 4.39 Å². The largest absolute Gasteiger partial charge is 0.389 e. The van der Waals surface area contributed by atoms with Gasteiger partial charge in [-0.15, -0.1) is 0 Å². The van der Waals surface area contributed by atoms with Gasteiger partial charge in [0.25, 0.3) is 0 Å². The molecule has 112 valence electrons. The number of nitro groups is 1.